The van der Waals surface area contributed by atoms with Crippen molar-refractivity contribution < 1.29 is 46.8 Å². The summed E-state index contributed by atoms with van der Waals surface area (Å²) in [6.45, 7) is 3.18. The van der Waals surface area contributed by atoms with Crippen molar-refractivity contribution in [2.45, 2.75) is 206 Å². The maximum absolute atomic E-state index is 13.7. The van der Waals surface area contributed by atoms with Crippen LogP contribution < -0.4 is 0 Å². The Morgan fingerprint density at radius 3 is 1.54 bits per heavy atom. The van der Waals surface area contributed by atoms with E-state index in [-0.39, 0.29) is 51.5 Å². The van der Waals surface area contributed by atoms with Crippen molar-refractivity contribution in [1.82, 2.24) is 0 Å². The van der Waals surface area contributed by atoms with Crippen LogP contribution in [0.5, 0.6) is 0 Å². The average molecular weight is 953 g/mol. The largest absolute Gasteiger partial charge is 0.475 e. The summed E-state index contributed by atoms with van der Waals surface area (Å²) in [5, 5.41) is 13.0. The van der Waals surface area contributed by atoms with Gasteiger partial charge < -0.3 is 14.3 Å². The van der Waals surface area contributed by atoms with Crippen LogP contribution in [0.15, 0.2) is 59.8 Å². The van der Waals surface area contributed by atoms with Crippen molar-refractivity contribution in [3.63, 3.8) is 0 Å². The minimum Gasteiger partial charge on any atom is -0.462 e. The fourth-order valence-corrected chi connectivity index (χ4v) is 8.68. The van der Waals surface area contributed by atoms with Gasteiger partial charge >= 0.3 is 19.8 Å². The highest BCUT2D eigenvalue weighted by molar-refractivity contribution is 7.48. The van der Waals surface area contributed by atoms with Crippen molar-refractivity contribution in [3.05, 3.63) is 71.3 Å². The molecule has 0 amide bonds. The number of carbonyl (C=O) groups is 3. The number of nitrogens with zero attached hydrogens (tertiary/aromatic N) is 2. The second kappa shape index (κ2) is 41.1. The number of carbonyl (C=O) groups excluding carboxylic acids is 3. The Kier molecular flexibility index (Phi) is 36.4. The minimum absolute atomic E-state index is 0.0679. The average Bonchev–Trinajstić information content (AvgIpc) is 3.34. The molecule has 0 saturated carbocycles. The van der Waals surface area contributed by atoms with E-state index in [1.165, 1.54) is 122 Å². The highest BCUT2D eigenvalue weighted by atomic mass is 31.2. The van der Waals surface area contributed by atoms with Gasteiger partial charge in [-0.15, -0.1) is 0 Å². The first kappa shape index (κ1) is 59.2. The number of ketones is 1. The van der Waals surface area contributed by atoms with Crippen LogP contribution >= 0.6 is 7.82 Å². The van der Waals surface area contributed by atoms with Crippen LogP contribution in [-0.4, -0.2) is 63.1 Å². The number of hydrogen-bond acceptors (Lipinski definition) is 12. The van der Waals surface area contributed by atoms with Crippen molar-refractivity contribution in [3.8, 4) is 6.07 Å². The molecular weight excluding hydrogens is 868 g/mol. The van der Waals surface area contributed by atoms with Gasteiger partial charge in [-0.3, -0.25) is 28.0 Å². The van der Waals surface area contributed by atoms with Gasteiger partial charge in [-0.1, -0.05) is 228 Å². The van der Waals surface area contributed by atoms with E-state index in [0.29, 0.717) is 29.5 Å². The molecule has 12 nitrogen and oxygen atoms in total. The SMILES string of the molecule is CCCCCCCCCCCCCCCC(=O)OC[C@H](COP(=O)(OCCC#N)OCCO/N=C/c1ccc(C(=O)c2ccccc2)cc1)OC(=O)CCCCCCCCCCCCCCC. The van der Waals surface area contributed by atoms with Crippen LogP contribution in [0.2, 0.25) is 0 Å². The normalized spacial score (nSPS) is 12.7. The highest BCUT2D eigenvalue weighted by Gasteiger charge is 2.30. The maximum atomic E-state index is 13.7. The molecular formula is C54H85N2O10P. The summed E-state index contributed by atoms with van der Waals surface area (Å²) in [6.07, 6.45) is 31.8. The second-order valence-electron chi connectivity index (χ2n) is 17.5. The van der Waals surface area contributed by atoms with E-state index in [1.807, 2.05) is 24.3 Å². The summed E-state index contributed by atoms with van der Waals surface area (Å²) in [7, 11) is -4.28. The van der Waals surface area contributed by atoms with Crippen LogP contribution in [0.4, 0.5) is 0 Å². The molecule has 0 saturated heterocycles. The molecule has 0 aromatic heterocycles. The molecule has 0 fully saturated rings. The summed E-state index contributed by atoms with van der Waals surface area (Å²) in [6, 6.07) is 17.8. The standard InChI is InChI=1S/C54H85N2O10P/c1-3-5-7-9-11-13-15-17-19-21-23-25-30-35-52(57)61-46-51(66-53(58)36-31-26-24-22-20-18-16-14-12-10-8-6-4-2)47-65-67(60,63-42-32-41-55)64-44-43-62-56-45-48-37-39-50(40-38-48)54(59)49-33-28-27-29-34-49/h27-29,33-34,37-40,45,51H,3-26,30-32,35-36,42-44,46-47H2,1-2H3/b56-45+/t51-,67?/m1/s1. The summed E-state index contributed by atoms with van der Waals surface area (Å²) in [4.78, 5) is 43.7. The van der Waals surface area contributed by atoms with E-state index in [2.05, 4.69) is 19.0 Å². The van der Waals surface area contributed by atoms with Crippen molar-refractivity contribution >= 4 is 31.8 Å². The third-order valence-corrected chi connectivity index (χ3v) is 13.0. The van der Waals surface area contributed by atoms with Gasteiger partial charge in [-0.2, -0.15) is 5.26 Å². The smallest absolute Gasteiger partial charge is 0.462 e. The van der Waals surface area contributed by atoms with E-state index in [4.69, 9.17) is 33.1 Å². The second-order valence-corrected chi connectivity index (χ2v) is 19.2. The van der Waals surface area contributed by atoms with Gasteiger partial charge in [-0.05, 0) is 18.4 Å². The highest BCUT2D eigenvalue weighted by Crippen LogP contribution is 2.49. The lowest BCUT2D eigenvalue weighted by atomic mass is 10.0. The summed E-state index contributed by atoms with van der Waals surface area (Å²) in [5.74, 6) is -0.953. The third kappa shape index (κ3) is 32.5. The summed E-state index contributed by atoms with van der Waals surface area (Å²) >= 11 is 0. The Balaban J connectivity index is 1.83. The van der Waals surface area contributed by atoms with E-state index in [0.717, 1.165) is 38.5 Å². The van der Waals surface area contributed by atoms with Crippen molar-refractivity contribution in [2.75, 3.05) is 33.0 Å². The van der Waals surface area contributed by atoms with Gasteiger partial charge in [0.05, 0.1) is 38.5 Å². The van der Waals surface area contributed by atoms with Gasteiger partial charge in [0.15, 0.2) is 11.9 Å². The van der Waals surface area contributed by atoms with Crippen molar-refractivity contribution in [2.24, 2.45) is 5.16 Å². The van der Waals surface area contributed by atoms with Gasteiger partial charge in [0.1, 0.15) is 13.2 Å². The Labute approximate surface area is 404 Å². The van der Waals surface area contributed by atoms with Crippen LogP contribution in [0.1, 0.15) is 222 Å². The molecule has 1 unspecified atom stereocenters. The molecule has 2 atom stereocenters. The molecule has 0 N–H and O–H groups in total. The number of oxime groups is 1. The number of hydrogen-bond donors (Lipinski definition) is 0. The summed E-state index contributed by atoms with van der Waals surface area (Å²) < 4.78 is 41.4. The predicted molar refractivity (Wildman–Crippen MR) is 267 cm³/mol. The van der Waals surface area contributed by atoms with E-state index in [1.54, 1.807) is 36.4 Å². The zero-order chi connectivity index (χ0) is 48.3. The molecule has 67 heavy (non-hydrogen) atoms. The fourth-order valence-electron chi connectivity index (χ4n) is 7.50. The lowest BCUT2D eigenvalue weighted by Gasteiger charge is -2.22. The molecule has 0 spiro atoms. The van der Waals surface area contributed by atoms with Crippen LogP contribution in [0.25, 0.3) is 0 Å². The molecule has 376 valence electrons. The lowest BCUT2D eigenvalue weighted by molar-refractivity contribution is -0.161. The van der Waals surface area contributed by atoms with Gasteiger partial charge in [0.2, 0.25) is 0 Å². The molecule has 0 aliphatic carbocycles. The van der Waals surface area contributed by atoms with Crippen LogP contribution in [0, 0.1) is 11.3 Å². The molecule has 0 heterocycles. The third-order valence-electron chi connectivity index (χ3n) is 11.5. The first-order chi connectivity index (χ1) is 32.8. The van der Waals surface area contributed by atoms with E-state index >= 15 is 0 Å². The molecule has 13 heteroatoms. The molecule has 2 rings (SSSR count). The molecule has 0 aliphatic heterocycles. The predicted octanol–water partition coefficient (Wildman–Crippen LogP) is 14.8. The van der Waals surface area contributed by atoms with Gasteiger partial charge in [0, 0.05) is 24.0 Å². The molecule has 0 bridgehead atoms. The number of phosphoric acid groups is 1. The van der Waals surface area contributed by atoms with Crippen LogP contribution in [0.3, 0.4) is 0 Å². The Morgan fingerprint density at radius 2 is 1.03 bits per heavy atom. The Hall–Kier alpha value is -3.88. The van der Waals surface area contributed by atoms with Crippen LogP contribution in [-0.2, 0) is 42.0 Å². The maximum Gasteiger partial charge on any atom is 0.475 e. The first-order valence-corrected chi connectivity index (χ1v) is 27.4. The Morgan fingerprint density at radius 1 is 0.567 bits per heavy atom. The zero-order valence-electron chi connectivity index (χ0n) is 41.3. The minimum atomic E-state index is -4.28. The fraction of sp³-hybridized carbons (Fsp3) is 0.685. The lowest BCUT2D eigenvalue weighted by Crippen LogP contribution is -2.29. The van der Waals surface area contributed by atoms with Crippen molar-refractivity contribution in [1.29, 1.82) is 5.26 Å². The monoisotopic (exact) mass is 953 g/mol. The first-order valence-electron chi connectivity index (χ1n) is 25.9. The quantitative estimate of drug-likeness (QED) is 0.0155. The molecule has 0 radical (unpaired) electrons. The van der Waals surface area contributed by atoms with E-state index < -0.39 is 32.5 Å². The summed E-state index contributed by atoms with van der Waals surface area (Å²) in [5.41, 5.74) is 1.83. The number of rotatable bonds is 45. The Bertz CT molecular complexity index is 1670. The number of esters is 2. The number of unbranched alkanes of at least 4 members (excludes halogenated alkanes) is 24. The van der Waals surface area contributed by atoms with Gasteiger partial charge in [0.25, 0.3) is 0 Å². The number of phosphoric ester groups is 1. The number of ether oxygens (including phenoxy) is 2. The number of benzene rings is 2. The van der Waals surface area contributed by atoms with Gasteiger partial charge in [-0.25, -0.2) is 4.57 Å². The molecule has 2 aromatic carbocycles. The molecule has 0 aliphatic rings. The number of nitriles is 1. The topological polar surface area (TPSA) is 160 Å². The zero-order valence-corrected chi connectivity index (χ0v) is 42.2. The van der Waals surface area contributed by atoms with E-state index in [9.17, 15) is 18.9 Å². The molecule has 2 aromatic rings.